The Morgan fingerprint density at radius 1 is 0.886 bits per heavy atom. The zero-order valence-electron chi connectivity index (χ0n) is 24.9. The Balaban J connectivity index is 1.78. The summed E-state index contributed by atoms with van der Waals surface area (Å²) in [5.41, 5.74) is 2.66. The van der Waals surface area contributed by atoms with Gasteiger partial charge in [-0.2, -0.15) is 0 Å². The molecule has 0 saturated carbocycles. The van der Waals surface area contributed by atoms with Crippen LogP contribution in [0.3, 0.4) is 0 Å². The number of sulfonamides is 1. The number of carbonyl (C=O) groups excluding carboxylic acids is 2. The number of anilines is 1. The van der Waals surface area contributed by atoms with E-state index in [1.807, 2.05) is 68.4 Å². The minimum Gasteiger partial charge on any atom is -0.494 e. The van der Waals surface area contributed by atoms with E-state index in [1.165, 1.54) is 48.3 Å². The number of rotatable bonds is 13. The number of ether oxygens (including phenoxy) is 1. The van der Waals surface area contributed by atoms with Crippen molar-refractivity contribution in [3.8, 4) is 5.75 Å². The van der Waals surface area contributed by atoms with Crippen LogP contribution in [0.25, 0.3) is 0 Å². The number of amides is 2. The molecule has 0 bridgehead atoms. The van der Waals surface area contributed by atoms with Crippen molar-refractivity contribution in [1.29, 1.82) is 0 Å². The molecule has 44 heavy (non-hydrogen) atoms. The Labute approximate surface area is 258 Å². The van der Waals surface area contributed by atoms with Crippen molar-refractivity contribution in [1.82, 2.24) is 10.2 Å². The van der Waals surface area contributed by atoms with Crippen LogP contribution in [0.15, 0.2) is 108 Å². The molecule has 0 saturated heterocycles. The first-order valence-corrected chi connectivity index (χ1v) is 15.7. The van der Waals surface area contributed by atoms with Crippen molar-refractivity contribution in [3.05, 3.63) is 126 Å². The number of carbonyl (C=O) groups is 2. The summed E-state index contributed by atoms with van der Waals surface area (Å²) in [6.07, 6.45) is 0.209. The Hall–Kier alpha value is -4.70. The van der Waals surface area contributed by atoms with E-state index < -0.39 is 40.2 Å². The van der Waals surface area contributed by atoms with Gasteiger partial charge in [0.2, 0.25) is 11.8 Å². The van der Waals surface area contributed by atoms with Crippen molar-refractivity contribution >= 4 is 27.5 Å². The zero-order chi connectivity index (χ0) is 31.7. The molecule has 1 N–H and O–H groups in total. The normalized spacial score (nSPS) is 11.8. The summed E-state index contributed by atoms with van der Waals surface area (Å²) in [5, 5.41) is 2.67. The number of halogens is 1. The summed E-state index contributed by atoms with van der Waals surface area (Å²) in [5.74, 6) is -1.05. The topological polar surface area (TPSA) is 96.0 Å². The molecule has 4 aromatic carbocycles. The van der Waals surface area contributed by atoms with Crippen molar-refractivity contribution in [2.45, 2.75) is 37.8 Å². The summed E-state index contributed by atoms with van der Waals surface area (Å²) in [4.78, 5) is 29.0. The molecule has 2 amide bonds. The molecule has 0 unspecified atom stereocenters. The molecule has 0 heterocycles. The van der Waals surface area contributed by atoms with Crippen molar-refractivity contribution in [2.75, 3.05) is 24.5 Å². The molecule has 0 fully saturated rings. The number of hydrogen-bond donors (Lipinski definition) is 1. The van der Waals surface area contributed by atoms with Gasteiger partial charge in [-0.3, -0.25) is 13.9 Å². The van der Waals surface area contributed by atoms with Crippen molar-refractivity contribution < 1.29 is 27.1 Å². The summed E-state index contributed by atoms with van der Waals surface area (Å²) in [7, 11) is -2.81. The van der Waals surface area contributed by atoms with E-state index in [1.54, 1.807) is 0 Å². The van der Waals surface area contributed by atoms with Crippen LogP contribution in [0.2, 0.25) is 0 Å². The Bertz CT molecular complexity index is 1660. The van der Waals surface area contributed by atoms with Gasteiger partial charge in [-0.05, 0) is 79.1 Å². The van der Waals surface area contributed by atoms with Gasteiger partial charge in [0.25, 0.3) is 10.0 Å². The lowest BCUT2D eigenvalue weighted by Gasteiger charge is -2.34. The van der Waals surface area contributed by atoms with Crippen LogP contribution in [0.4, 0.5) is 10.1 Å². The minimum atomic E-state index is -4.31. The fourth-order valence-corrected chi connectivity index (χ4v) is 6.24. The third kappa shape index (κ3) is 7.82. The maximum absolute atomic E-state index is 14.3. The summed E-state index contributed by atoms with van der Waals surface area (Å²) < 4.78 is 48.4. The molecular weight excluding hydrogens is 581 g/mol. The van der Waals surface area contributed by atoms with E-state index >= 15 is 0 Å². The quantitative estimate of drug-likeness (QED) is 0.225. The highest BCUT2D eigenvalue weighted by molar-refractivity contribution is 7.92. The predicted molar refractivity (Wildman–Crippen MR) is 168 cm³/mol. The van der Waals surface area contributed by atoms with Gasteiger partial charge in [0, 0.05) is 20.0 Å². The lowest BCUT2D eigenvalue weighted by atomic mass is 10.0. The van der Waals surface area contributed by atoms with Gasteiger partial charge in [-0.15, -0.1) is 0 Å². The molecule has 0 aliphatic heterocycles. The SMILES string of the molecule is CCOc1ccc(S(=O)(=O)N(CC(=O)N(Cc2ccccc2C)[C@H](Cc2ccccc2)C(=O)NC)c2ccc(F)cc2)cc1. The van der Waals surface area contributed by atoms with Gasteiger partial charge >= 0.3 is 0 Å². The van der Waals surface area contributed by atoms with E-state index in [0.29, 0.717) is 12.4 Å². The lowest BCUT2D eigenvalue weighted by Crippen LogP contribution is -2.53. The highest BCUT2D eigenvalue weighted by atomic mass is 32.2. The first-order chi connectivity index (χ1) is 21.1. The van der Waals surface area contributed by atoms with E-state index in [2.05, 4.69) is 5.32 Å². The fraction of sp³-hybridized carbons (Fsp3) is 0.235. The first kappa shape index (κ1) is 32.2. The Kier molecular flexibility index (Phi) is 10.7. The maximum Gasteiger partial charge on any atom is 0.264 e. The molecule has 4 aromatic rings. The van der Waals surface area contributed by atoms with E-state index in [-0.39, 0.29) is 23.5 Å². The average Bonchev–Trinajstić information content (AvgIpc) is 3.03. The number of hydrogen-bond acceptors (Lipinski definition) is 5. The standard InChI is InChI=1S/C34H36FN3O5S/c1-4-43-30-18-20-31(21-19-30)44(41,42)38(29-16-14-28(35)15-17-29)24-33(39)37(23-27-13-9-8-10-25(27)2)32(34(40)36-3)22-26-11-6-5-7-12-26/h5-21,32H,4,22-24H2,1-3H3,(H,36,40)/t32-/m1/s1. The van der Waals surface area contributed by atoms with Crippen LogP contribution in [0.1, 0.15) is 23.6 Å². The van der Waals surface area contributed by atoms with E-state index in [0.717, 1.165) is 33.1 Å². The molecule has 0 spiro atoms. The van der Waals surface area contributed by atoms with Gasteiger partial charge in [0.05, 0.1) is 17.2 Å². The number of benzene rings is 4. The lowest BCUT2D eigenvalue weighted by molar-refractivity contribution is -0.139. The van der Waals surface area contributed by atoms with Gasteiger partial charge in [0.1, 0.15) is 24.2 Å². The molecule has 0 aliphatic rings. The van der Waals surface area contributed by atoms with Gasteiger partial charge in [0.15, 0.2) is 0 Å². The van der Waals surface area contributed by atoms with E-state index in [4.69, 9.17) is 4.74 Å². The minimum absolute atomic E-state index is 0.0663. The van der Waals surface area contributed by atoms with Crippen LogP contribution < -0.4 is 14.4 Å². The maximum atomic E-state index is 14.3. The number of nitrogens with zero attached hydrogens (tertiary/aromatic N) is 2. The summed E-state index contributed by atoms with van der Waals surface area (Å²) in [6.45, 7) is 3.57. The second kappa shape index (κ2) is 14.7. The molecule has 0 aliphatic carbocycles. The van der Waals surface area contributed by atoms with Gasteiger partial charge in [-0.1, -0.05) is 54.6 Å². The summed E-state index contributed by atoms with van der Waals surface area (Å²) >= 11 is 0. The third-order valence-electron chi connectivity index (χ3n) is 7.24. The fourth-order valence-electron chi connectivity index (χ4n) is 4.83. The van der Waals surface area contributed by atoms with Crippen LogP contribution in [0, 0.1) is 12.7 Å². The van der Waals surface area contributed by atoms with Crippen LogP contribution in [-0.4, -0.2) is 51.4 Å². The van der Waals surface area contributed by atoms with Gasteiger partial charge < -0.3 is 15.0 Å². The number of aryl methyl sites for hydroxylation is 1. The second-order valence-corrected chi connectivity index (χ2v) is 12.0. The van der Waals surface area contributed by atoms with Crippen molar-refractivity contribution in [2.24, 2.45) is 0 Å². The smallest absolute Gasteiger partial charge is 0.264 e. The van der Waals surface area contributed by atoms with Crippen LogP contribution >= 0.6 is 0 Å². The molecule has 0 aromatic heterocycles. The predicted octanol–water partition coefficient (Wildman–Crippen LogP) is 5.11. The third-order valence-corrected chi connectivity index (χ3v) is 9.02. The van der Waals surface area contributed by atoms with Crippen molar-refractivity contribution in [3.63, 3.8) is 0 Å². The second-order valence-electron chi connectivity index (χ2n) is 10.2. The highest BCUT2D eigenvalue weighted by Gasteiger charge is 2.34. The number of nitrogens with one attached hydrogen (secondary N) is 1. The Morgan fingerprint density at radius 3 is 2.14 bits per heavy atom. The molecular formula is C34H36FN3O5S. The molecule has 0 radical (unpaired) electrons. The highest BCUT2D eigenvalue weighted by Crippen LogP contribution is 2.27. The largest absolute Gasteiger partial charge is 0.494 e. The molecule has 4 rings (SSSR count). The van der Waals surface area contributed by atoms with Crippen LogP contribution in [0.5, 0.6) is 5.75 Å². The molecule has 8 nitrogen and oxygen atoms in total. The van der Waals surface area contributed by atoms with Gasteiger partial charge in [-0.25, -0.2) is 12.8 Å². The molecule has 10 heteroatoms. The Morgan fingerprint density at radius 2 is 1.52 bits per heavy atom. The molecule has 1 atom stereocenters. The number of likely N-dealkylation sites (N-methyl/N-ethyl adjacent to an activating group) is 1. The van der Waals surface area contributed by atoms with E-state index in [9.17, 15) is 22.4 Å². The monoisotopic (exact) mass is 617 g/mol. The average molecular weight is 618 g/mol. The molecule has 230 valence electrons. The first-order valence-electron chi connectivity index (χ1n) is 14.2. The van der Waals surface area contributed by atoms with Crippen LogP contribution in [-0.2, 0) is 32.6 Å². The zero-order valence-corrected chi connectivity index (χ0v) is 25.8. The summed E-state index contributed by atoms with van der Waals surface area (Å²) in [6, 6.07) is 26.6.